The molecule has 2 aromatic rings. The molecule has 0 N–H and O–H groups in total. The second-order valence-corrected chi connectivity index (χ2v) is 8.79. The third kappa shape index (κ3) is 5.34. The summed E-state index contributed by atoms with van der Waals surface area (Å²) in [6.45, 7) is -0.302. The van der Waals surface area contributed by atoms with Crippen molar-refractivity contribution in [1.29, 1.82) is 0 Å². The van der Waals surface area contributed by atoms with Crippen LogP contribution in [0.15, 0.2) is 53.4 Å². The van der Waals surface area contributed by atoms with E-state index in [0.717, 1.165) is 34.6 Å². The number of nitro groups is 1. The van der Waals surface area contributed by atoms with Crippen molar-refractivity contribution in [1.82, 2.24) is 9.21 Å². The van der Waals surface area contributed by atoms with E-state index in [1.807, 2.05) is 0 Å². The van der Waals surface area contributed by atoms with Crippen LogP contribution in [0.4, 0.5) is 18.9 Å². The molecular formula is C19H18F3N3O6S. The summed E-state index contributed by atoms with van der Waals surface area (Å²) in [5.74, 6) is -0.351. The zero-order chi connectivity index (χ0) is 23.5. The first-order valence-electron chi connectivity index (χ1n) is 9.31. The largest absolute Gasteiger partial charge is 0.484 e. The van der Waals surface area contributed by atoms with Gasteiger partial charge < -0.3 is 9.64 Å². The quantitative estimate of drug-likeness (QED) is 0.471. The number of sulfonamides is 1. The van der Waals surface area contributed by atoms with Gasteiger partial charge in [-0.1, -0.05) is 6.07 Å². The fourth-order valence-electron chi connectivity index (χ4n) is 3.06. The summed E-state index contributed by atoms with van der Waals surface area (Å²) in [7, 11) is -3.97. The molecule has 0 spiro atoms. The molecule has 0 radical (unpaired) electrons. The summed E-state index contributed by atoms with van der Waals surface area (Å²) in [5, 5.41) is 10.9. The Morgan fingerprint density at radius 2 is 1.69 bits per heavy atom. The van der Waals surface area contributed by atoms with E-state index in [-0.39, 0.29) is 42.5 Å². The van der Waals surface area contributed by atoms with Crippen LogP contribution in [0.5, 0.6) is 5.75 Å². The van der Waals surface area contributed by atoms with Crippen molar-refractivity contribution in [3.05, 3.63) is 64.2 Å². The van der Waals surface area contributed by atoms with E-state index in [9.17, 15) is 36.5 Å². The van der Waals surface area contributed by atoms with E-state index in [0.29, 0.717) is 0 Å². The second-order valence-electron chi connectivity index (χ2n) is 6.85. The summed E-state index contributed by atoms with van der Waals surface area (Å²) in [4.78, 5) is 23.7. The van der Waals surface area contributed by atoms with E-state index in [4.69, 9.17) is 4.74 Å². The average molecular weight is 473 g/mol. The fraction of sp³-hybridized carbons (Fsp3) is 0.316. The van der Waals surface area contributed by atoms with Gasteiger partial charge >= 0.3 is 6.18 Å². The number of carbonyl (C=O) groups excluding carboxylic acids is 1. The summed E-state index contributed by atoms with van der Waals surface area (Å²) < 4.78 is 69.6. The monoisotopic (exact) mass is 473 g/mol. The molecule has 1 fully saturated rings. The van der Waals surface area contributed by atoms with Crippen molar-refractivity contribution in [2.45, 2.75) is 11.1 Å². The van der Waals surface area contributed by atoms with Gasteiger partial charge in [-0.05, 0) is 30.3 Å². The molecule has 1 aliphatic rings. The lowest BCUT2D eigenvalue weighted by Crippen LogP contribution is -2.51. The Morgan fingerprint density at radius 3 is 2.25 bits per heavy atom. The number of non-ortho nitro benzene ring substituents is 1. The second kappa shape index (κ2) is 9.12. The standard InChI is InChI=1S/C19H18F3N3O6S/c20-19(21,22)14-4-6-16(7-5-14)31-13-18(26)23-8-10-24(11-9-23)32(29,30)17-3-1-2-15(12-17)25(27)28/h1-7,12H,8-11,13H2. The van der Waals surface area contributed by atoms with Crippen molar-refractivity contribution in [3.8, 4) is 5.75 Å². The van der Waals surface area contributed by atoms with Gasteiger partial charge in [0.1, 0.15) is 5.75 Å². The molecule has 9 nitrogen and oxygen atoms in total. The Kier molecular flexibility index (Phi) is 6.69. The van der Waals surface area contributed by atoms with Gasteiger partial charge in [-0.15, -0.1) is 0 Å². The van der Waals surface area contributed by atoms with E-state index in [1.54, 1.807) is 0 Å². The van der Waals surface area contributed by atoms with Gasteiger partial charge in [0.25, 0.3) is 11.6 Å². The minimum absolute atomic E-state index is 0.0168. The topological polar surface area (TPSA) is 110 Å². The first-order valence-corrected chi connectivity index (χ1v) is 10.7. The number of nitro benzene ring substituents is 1. The SMILES string of the molecule is O=C(COc1ccc(C(F)(F)F)cc1)N1CCN(S(=O)(=O)c2cccc([N+](=O)[O-])c2)CC1. The highest BCUT2D eigenvalue weighted by atomic mass is 32.2. The lowest BCUT2D eigenvalue weighted by Gasteiger charge is -2.33. The third-order valence-electron chi connectivity index (χ3n) is 4.80. The summed E-state index contributed by atoms with van der Waals surface area (Å²) in [6.07, 6.45) is -4.47. The normalized spacial score (nSPS) is 15.4. The molecule has 0 unspecified atom stereocenters. The van der Waals surface area contributed by atoms with Crippen LogP contribution in [0.2, 0.25) is 0 Å². The molecule has 0 bridgehead atoms. The first-order chi connectivity index (χ1) is 15.0. The first kappa shape index (κ1) is 23.5. The summed E-state index contributed by atoms with van der Waals surface area (Å²) in [6, 6.07) is 8.62. The van der Waals surface area contributed by atoms with Gasteiger partial charge in [0.2, 0.25) is 10.0 Å². The summed E-state index contributed by atoms with van der Waals surface area (Å²) >= 11 is 0. The van der Waals surface area contributed by atoms with E-state index in [1.165, 1.54) is 23.1 Å². The van der Waals surface area contributed by atoms with Crippen LogP contribution < -0.4 is 4.74 Å². The highest BCUT2D eigenvalue weighted by molar-refractivity contribution is 7.89. The molecule has 2 aromatic carbocycles. The smallest absolute Gasteiger partial charge is 0.416 e. The maximum absolute atomic E-state index is 12.7. The molecule has 0 atom stereocenters. The number of piperazine rings is 1. The molecule has 1 heterocycles. The Balaban J connectivity index is 1.55. The molecule has 3 rings (SSSR count). The predicted octanol–water partition coefficient (Wildman–Crippen LogP) is 2.53. The summed E-state index contributed by atoms with van der Waals surface area (Å²) in [5.41, 5.74) is -1.18. The van der Waals surface area contributed by atoms with Gasteiger partial charge in [0, 0.05) is 38.3 Å². The number of rotatable bonds is 6. The molecule has 1 amide bonds. The van der Waals surface area contributed by atoms with Gasteiger partial charge in [0.15, 0.2) is 6.61 Å². The predicted molar refractivity (Wildman–Crippen MR) is 105 cm³/mol. The molecule has 0 aromatic heterocycles. The number of nitrogens with zero attached hydrogens (tertiary/aromatic N) is 3. The number of carbonyl (C=O) groups is 1. The Morgan fingerprint density at radius 1 is 1.06 bits per heavy atom. The highest BCUT2D eigenvalue weighted by Gasteiger charge is 2.32. The van der Waals surface area contributed by atoms with E-state index in [2.05, 4.69) is 0 Å². The van der Waals surface area contributed by atoms with Crippen molar-refractivity contribution in [2.24, 2.45) is 0 Å². The highest BCUT2D eigenvalue weighted by Crippen LogP contribution is 2.30. The van der Waals surface area contributed by atoms with Gasteiger partial charge in [-0.25, -0.2) is 8.42 Å². The Labute approximate surface area is 181 Å². The van der Waals surface area contributed by atoms with E-state index < -0.39 is 39.2 Å². The molecule has 32 heavy (non-hydrogen) atoms. The number of alkyl halides is 3. The number of ether oxygens (including phenoxy) is 1. The number of hydrogen-bond acceptors (Lipinski definition) is 6. The van der Waals surface area contributed by atoms with Crippen LogP contribution in [0.3, 0.4) is 0 Å². The third-order valence-corrected chi connectivity index (χ3v) is 6.70. The van der Waals surface area contributed by atoms with Crippen LogP contribution in [-0.4, -0.2) is 61.2 Å². The van der Waals surface area contributed by atoms with Crippen molar-refractivity contribution >= 4 is 21.6 Å². The molecule has 172 valence electrons. The average Bonchev–Trinajstić information content (AvgIpc) is 2.77. The lowest BCUT2D eigenvalue weighted by atomic mass is 10.2. The van der Waals surface area contributed by atoms with E-state index >= 15 is 0 Å². The van der Waals surface area contributed by atoms with Crippen molar-refractivity contribution in [3.63, 3.8) is 0 Å². The zero-order valence-corrected chi connectivity index (χ0v) is 17.3. The van der Waals surface area contributed by atoms with Gasteiger partial charge in [-0.3, -0.25) is 14.9 Å². The van der Waals surface area contributed by atoms with Gasteiger partial charge in [0.05, 0.1) is 15.4 Å². The maximum Gasteiger partial charge on any atom is 0.416 e. The number of benzene rings is 2. The number of halogens is 3. The maximum atomic E-state index is 12.7. The lowest BCUT2D eigenvalue weighted by molar-refractivity contribution is -0.385. The van der Waals surface area contributed by atoms with Crippen molar-refractivity contribution < 1.29 is 36.0 Å². The Hall–Kier alpha value is -3.19. The minimum atomic E-state index is -4.47. The molecule has 1 aliphatic heterocycles. The molecule has 0 saturated carbocycles. The number of amides is 1. The van der Waals surface area contributed by atoms with Crippen LogP contribution in [-0.2, 0) is 21.0 Å². The molecule has 1 saturated heterocycles. The Bertz CT molecular complexity index is 1100. The molecule has 13 heteroatoms. The molecular weight excluding hydrogens is 455 g/mol. The van der Waals surface area contributed by atoms with Gasteiger partial charge in [-0.2, -0.15) is 17.5 Å². The van der Waals surface area contributed by atoms with Crippen LogP contribution >= 0.6 is 0 Å². The number of hydrogen-bond donors (Lipinski definition) is 0. The zero-order valence-electron chi connectivity index (χ0n) is 16.5. The molecule has 0 aliphatic carbocycles. The van der Waals surface area contributed by atoms with Crippen LogP contribution in [0.25, 0.3) is 0 Å². The fourth-order valence-corrected chi connectivity index (χ4v) is 4.52. The minimum Gasteiger partial charge on any atom is -0.484 e. The van der Waals surface area contributed by atoms with Crippen LogP contribution in [0, 0.1) is 10.1 Å². The van der Waals surface area contributed by atoms with Crippen LogP contribution in [0.1, 0.15) is 5.56 Å². The van der Waals surface area contributed by atoms with Crippen molar-refractivity contribution in [2.75, 3.05) is 32.8 Å².